The van der Waals surface area contributed by atoms with Crippen LogP contribution in [0.4, 0.5) is 15.8 Å². The van der Waals surface area contributed by atoms with E-state index in [1.165, 1.54) is 30.3 Å². The Bertz CT molecular complexity index is 725. The first kappa shape index (κ1) is 14.5. The Morgan fingerprint density at radius 2 is 2.10 bits per heavy atom. The van der Waals surface area contributed by atoms with Crippen LogP contribution in [0.15, 0.2) is 42.5 Å². The Morgan fingerprint density at radius 1 is 1.33 bits per heavy atom. The van der Waals surface area contributed by atoms with Crippen LogP contribution >= 0.6 is 0 Å². The molecule has 1 atom stereocenters. The van der Waals surface area contributed by atoms with Crippen molar-refractivity contribution in [3.8, 4) is 6.07 Å². The van der Waals surface area contributed by atoms with Crippen LogP contribution in [0.25, 0.3) is 0 Å². The molecule has 0 spiro atoms. The summed E-state index contributed by atoms with van der Waals surface area (Å²) in [5.74, 6) is -0.578. The number of nitrogens with zero attached hydrogens (tertiary/aromatic N) is 2. The molecule has 5 nitrogen and oxygen atoms in total. The summed E-state index contributed by atoms with van der Waals surface area (Å²) in [5.41, 5.74) is 1.27. The summed E-state index contributed by atoms with van der Waals surface area (Å²) in [7, 11) is 0. The van der Waals surface area contributed by atoms with E-state index in [9.17, 15) is 14.5 Å². The topological polar surface area (TPSA) is 79.0 Å². The number of anilines is 1. The van der Waals surface area contributed by atoms with E-state index < -0.39 is 10.7 Å². The van der Waals surface area contributed by atoms with Gasteiger partial charge in [0.2, 0.25) is 0 Å². The van der Waals surface area contributed by atoms with Crippen molar-refractivity contribution in [1.29, 1.82) is 5.26 Å². The van der Waals surface area contributed by atoms with E-state index in [4.69, 9.17) is 5.26 Å². The molecule has 6 heteroatoms. The van der Waals surface area contributed by atoms with Crippen LogP contribution < -0.4 is 5.32 Å². The quantitative estimate of drug-likeness (QED) is 0.685. The Balaban J connectivity index is 2.22. The van der Waals surface area contributed by atoms with Gasteiger partial charge in [0, 0.05) is 23.9 Å². The van der Waals surface area contributed by atoms with Crippen molar-refractivity contribution in [3.63, 3.8) is 0 Å². The molecule has 0 aliphatic heterocycles. The van der Waals surface area contributed by atoms with Crippen molar-refractivity contribution in [1.82, 2.24) is 0 Å². The first-order valence-electron chi connectivity index (χ1n) is 6.22. The summed E-state index contributed by atoms with van der Waals surface area (Å²) in [6.45, 7) is 1.83. The second-order valence-electron chi connectivity index (χ2n) is 4.52. The maximum absolute atomic E-state index is 13.2. The molecule has 0 aromatic heterocycles. The van der Waals surface area contributed by atoms with Crippen LogP contribution in [0.1, 0.15) is 24.1 Å². The van der Waals surface area contributed by atoms with E-state index in [0.29, 0.717) is 5.69 Å². The van der Waals surface area contributed by atoms with Gasteiger partial charge < -0.3 is 5.32 Å². The van der Waals surface area contributed by atoms with Crippen LogP contribution in [0.2, 0.25) is 0 Å². The first-order valence-corrected chi connectivity index (χ1v) is 6.22. The highest BCUT2D eigenvalue weighted by molar-refractivity contribution is 5.51. The van der Waals surface area contributed by atoms with Gasteiger partial charge in [-0.1, -0.05) is 12.1 Å². The van der Waals surface area contributed by atoms with Gasteiger partial charge in [-0.2, -0.15) is 5.26 Å². The molecule has 1 N–H and O–H groups in total. The molecule has 1 unspecified atom stereocenters. The molecule has 0 aliphatic rings. The van der Waals surface area contributed by atoms with Crippen molar-refractivity contribution in [2.24, 2.45) is 0 Å². The average Bonchev–Trinajstić information content (AvgIpc) is 2.49. The number of nitrogens with one attached hydrogen (secondary N) is 1. The molecule has 0 fully saturated rings. The summed E-state index contributed by atoms with van der Waals surface area (Å²) in [6.07, 6.45) is 0. The van der Waals surface area contributed by atoms with Crippen LogP contribution in [-0.4, -0.2) is 4.92 Å². The number of halogens is 1. The molecule has 0 amide bonds. The number of non-ortho nitro benzene ring substituents is 1. The Labute approximate surface area is 120 Å². The number of rotatable bonds is 4. The van der Waals surface area contributed by atoms with E-state index in [1.54, 1.807) is 18.2 Å². The minimum absolute atomic E-state index is 0.0120. The maximum atomic E-state index is 13.2. The zero-order chi connectivity index (χ0) is 15.4. The number of nitro groups is 1. The highest BCUT2D eigenvalue weighted by Crippen LogP contribution is 2.23. The zero-order valence-corrected chi connectivity index (χ0v) is 11.2. The fourth-order valence-corrected chi connectivity index (χ4v) is 1.94. The van der Waals surface area contributed by atoms with Gasteiger partial charge in [0.15, 0.2) is 0 Å². The van der Waals surface area contributed by atoms with Gasteiger partial charge in [-0.15, -0.1) is 0 Å². The minimum atomic E-state index is -0.578. The van der Waals surface area contributed by atoms with Crippen molar-refractivity contribution >= 4 is 11.4 Å². The highest BCUT2D eigenvalue weighted by Gasteiger charge is 2.11. The molecule has 106 valence electrons. The third kappa shape index (κ3) is 3.34. The standard InChI is InChI=1S/C15H12FN3O2/c1-10(11-3-2-4-14(8-11)19(20)21)18-13-5-6-15(16)12(7-13)9-17/h2-8,10,18H,1H3. The summed E-state index contributed by atoms with van der Waals surface area (Å²) in [4.78, 5) is 10.3. The van der Waals surface area contributed by atoms with E-state index in [2.05, 4.69) is 5.32 Å². The average molecular weight is 285 g/mol. The lowest BCUT2D eigenvalue weighted by atomic mass is 10.1. The van der Waals surface area contributed by atoms with Crippen molar-refractivity contribution in [3.05, 3.63) is 69.5 Å². The predicted molar refractivity (Wildman–Crippen MR) is 76.2 cm³/mol. The lowest BCUT2D eigenvalue weighted by Gasteiger charge is -2.15. The van der Waals surface area contributed by atoms with Crippen molar-refractivity contribution < 1.29 is 9.31 Å². The van der Waals surface area contributed by atoms with Gasteiger partial charge in [0.25, 0.3) is 5.69 Å². The largest absolute Gasteiger partial charge is 0.378 e. The molecule has 21 heavy (non-hydrogen) atoms. The second-order valence-corrected chi connectivity index (χ2v) is 4.52. The Morgan fingerprint density at radius 3 is 2.76 bits per heavy atom. The highest BCUT2D eigenvalue weighted by atomic mass is 19.1. The lowest BCUT2D eigenvalue weighted by Crippen LogP contribution is -2.07. The number of hydrogen-bond acceptors (Lipinski definition) is 4. The van der Waals surface area contributed by atoms with Gasteiger partial charge in [-0.05, 0) is 30.7 Å². The van der Waals surface area contributed by atoms with Gasteiger partial charge in [0.1, 0.15) is 11.9 Å². The first-order chi connectivity index (χ1) is 10.0. The molecule has 0 heterocycles. The smallest absolute Gasteiger partial charge is 0.269 e. The van der Waals surface area contributed by atoms with Crippen molar-refractivity contribution in [2.45, 2.75) is 13.0 Å². The van der Waals surface area contributed by atoms with Gasteiger partial charge >= 0.3 is 0 Å². The molecule has 0 radical (unpaired) electrons. The third-order valence-electron chi connectivity index (χ3n) is 3.05. The van der Waals surface area contributed by atoms with Crippen LogP contribution in [0, 0.1) is 27.3 Å². The third-order valence-corrected chi connectivity index (χ3v) is 3.05. The number of nitro benzene ring substituents is 1. The van der Waals surface area contributed by atoms with Crippen molar-refractivity contribution in [2.75, 3.05) is 5.32 Å². The predicted octanol–water partition coefficient (Wildman–Crippen LogP) is 3.78. The molecule has 2 aromatic carbocycles. The monoisotopic (exact) mass is 285 g/mol. The van der Waals surface area contributed by atoms with E-state index in [1.807, 2.05) is 6.92 Å². The zero-order valence-electron chi connectivity index (χ0n) is 11.2. The molecule has 2 rings (SSSR count). The SMILES string of the molecule is CC(Nc1ccc(F)c(C#N)c1)c1cccc([N+](=O)[O-])c1. The molecule has 2 aromatic rings. The van der Waals surface area contributed by atoms with Crippen LogP contribution in [0.5, 0.6) is 0 Å². The minimum Gasteiger partial charge on any atom is -0.378 e. The fourth-order valence-electron chi connectivity index (χ4n) is 1.94. The summed E-state index contributed by atoms with van der Waals surface area (Å²) >= 11 is 0. The fraction of sp³-hybridized carbons (Fsp3) is 0.133. The maximum Gasteiger partial charge on any atom is 0.269 e. The van der Waals surface area contributed by atoms with Gasteiger partial charge in [0.05, 0.1) is 10.5 Å². The second kappa shape index (κ2) is 6.01. The number of hydrogen-bond donors (Lipinski definition) is 1. The molecule has 0 saturated carbocycles. The summed E-state index contributed by atoms with van der Waals surface area (Å²) in [5, 5.41) is 22.6. The molecule has 0 bridgehead atoms. The lowest BCUT2D eigenvalue weighted by molar-refractivity contribution is -0.384. The normalized spacial score (nSPS) is 11.5. The molecular formula is C15H12FN3O2. The molecule has 0 aliphatic carbocycles. The number of nitriles is 1. The molecular weight excluding hydrogens is 273 g/mol. The van der Waals surface area contributed by atoms with Crippen LogP contribution in [-0.2, 0) is 0 Å². The molecule has 0 saturated heterocycles. The summed E-state index contributed by atoms with van der Waals surface area (Å²) < 4.78 is 13.2. The van der Waals surface area contributed by atoms with Gasteiger partial charge in [-0.25, -0.2) is 4.39 Å². The Hall–Kier alpha value is -2.94. The van der Waals surface area contributed by atoms with Crippen LogP contribution in [0.3, 0.4) is 0 Å². The Kier molecular flexibility index (Phi) is 4.14. The van der Waals surface area contributed by atoms with Gasteiger partial charge in [-0.3, -0.25) is 10.1 Å². The van der Waals surface area contributed by atoms with E-state index in [0.717, 1.165) is 5.56 Å². The number of benzene rings is 2. The van der Waals surface area contributed by atoms with E-state index >= 15 is 0 Å². The van der Waals surface area contributed by atoms with E-state index in [-0.39, 0.29) is 17.3 Å². The summed E-state index contributed by atoms with van der Waals surface area (Å²) in [6, 6.07) is 11.9.